The van der Waals surface area contributed by atoms with E-state index >= 15 is 0 Å². The van der Waals surface area contributed by atoms with Crippen LogP contribution in [0.1, 0.15) is 50.2 Å². The number of halogens is 1. The van der Waals surface area contributed by atoms with Crippen molar-refractivity contribution >= 4 is 74.8 Å². The fourth-order valence-electron chi connectivity index (χ4n) is 5.66. The zero-order valence-corrected chi connectivity index (χ0v) is 32.4. The second-order valence-electron chi connectivity index (χ2n) is 12.8. The van der Waals surface area contributed by atoms with Gasteiger partial charge in [-0.2, -0.15) is 0 Å². The summed E-state index contributed by atoms with van der Waals surface area (Å²) in [4.78, 5) is 74.2. The maximum absolute atomic E-state index is 14.1. The number of nitrogens with two attached hydrogens (primary N) is 5. The van der Waals surface area contributed by atoms with Gasteiger partial charge >= 0.3 is 0 Å². The van der Waals surface area contributed by atoms with E-state index in [0.717, 1.165) is 25.5 Å². The van der Waals surface area contributed by atoms with Crippen LogP contribution in [0.2, 0.25) is 0 Å². The van der Waals surface area contributed by atoms with E-state index in [1.807, 2.05) is 66.7 Å². The number of nitrogens with zero attached hydrogens (tertiary/aromatic N) is 2. The molecule has 14 N–H and O–H groups in total. The Labute approximate surface area is 328 Å². The van der Waals surface area contributed by atoms with E-state index in [0.29, 0.717) is 25.8 Å². The number of hydrogen-bond donors (Lipinski definition) is 9. The number of benzene rings is 3. The molecule has 0 aromatic heterocycles. The number of amides is 5. The summed E-state index contributed by atoms with van der Waals surface area (Å²) in [6.07, 6.45) is 1.84. The molecule has 16 nitrogen and oxygen atoms in total. The molecule has 0 saturated heterocycles. The third-order valence-electron chi connectivity index (χ3n) is 8.37. The molecule has 0 saturated carbocycles. The van der Waals surface area contributed by atoms with E-state index in [1.165, 1.54) is 6.92 Å². The van der Waals surface area contributed by atoms with Crippen LogP contribution in [0.4, 0.5) is 0 Å². The molecule has 3 rings (SSSR count). The molecule has 290 valence electrons. The van der Waals surface area contributed by atoms with Crippen molar-refractivity contribution in [2.75, 3.05) is 13.1 Å². The number of aliphatic imine (C=N–C) groups is 2. The van der Waals surface area contributed by atoms with Crippen LogP contribution in [0.5, 0.6) is 0 Å². The van der Waals surface area contributed by atoms with Crippen LogP contribution in [0, 0.1) is 3.57 Å². The van der Waals surface area contributed by atoms with Crippen molar-refractivity contribution in [3.8, 4) is 0 Å². The minimum atomic E-state index is -1.18. The largest absolute Gasteiger partial charge is 0.370 e. The average molecular weight is 856 g/mol. The predicted octanol–water partition coefficient (Wildman–Crippen LogP) is 0.171. The SMILES string of the molecule is CC(=O)N[C@H](Cc1ccc(I)cc1)C(=O)N[C@@H](CCCN=C(N)N)C(=O)N[C@@H](Cc1ccc2ccccc2c1)C(=O)N[C@@H](CCCCN=C(N)N)C(N)=O. The minimum absolute atomic E-state index is 0.0500. The van der Waals surface area contributed by atoms with Crippen LogP contribution < -0.4 is 49.9 Å². The van der Waals surface area contributed by atoms with Gasteiger partial charge in [-0.25, -0.2) is 0 Å². The Morgan fingerprint density at radius 3 is 1.70 bits per heavy atom. The van der Waals surface area contributed by atoms with Gasteiger partial charge in [0.25, 0.3) is 0 Å². The molecule has 4 atom stereocenters. The summed E-state index contributed by atoms with van der Waals surface area (Å²) in [6, 6.07) is 16.4. The van der Waals surface area contributed by atoms with Crippen LogP contribution in [0.15, 0.2) is 76.7 Å². The molecule has 0 fully saturated rings. The number of fused-ring (bicyclic) bond motifs is 1. The average Bonchev–Trinajstić information content (AvgIpc) is 3.11. The fraction of sp³-hybridized carbons (Fsp3) is 0.378. The van der Waals surface area contributed by atoms with Gasteiger partial charge in [-0.15, -0.1) is 0 Å². The van der Waals surface area contributed by atoms with Crippen LogP contribution in [-0.2, 0) is 36.8 Å². The highest BCUT2D eigenvalue weighted by molar-refractivity contribution is 14.1. The highest BCUT2D eigenvalue weighted by atomic mass is 127. The maximum Gasteiger partial charge on any atom is 0.243 e. The number of primary amides is 1. The van der Waals surface area contributed by atoms with Crippen LogP contribution in [0.3, 0.4) is 0 Å². The van der Waals surface area contributed by atoms with Crippen molar-refractivity contribution in [2.24, 2.45) is 38.7 Å². The summed E-state index contributed by atoms with van der Waals surface area (Å²) >= 11 is 2.17. The quantitative estimate of drug-likeness (QED) is 0.0305. The van der Waals surface area contributed by atoms with Crippen molar-refractivity contribution in [1.82, 2.24) is 21.3 Å². The molecule has 17 heteroatoms. The lowest BCUT2D eigenvalue weighted by atomic mass is 9.99. The molecule has 0 unspecified atom stereocenters. The lowest BCUT2D eigenvalue weighted by Crippen LogP contribution is -2.58. The van der Waals surface area contributed by atoms with E-state index in [4.69, 9.17) is 28.7 Å². The number of carbonyl (C=O) groups is 5. The summed E-state index contributed by atoms with van der Waals surface area (Å²) < 4.78 is 1.00. The number of guanidine groups is 2. The van der Waals surface area contributed by atoms with Crippen LogP contribution in [0.25, 0.3) is 10.8 Å². The molecule has 0 aliphatic heterocycles. The molecule has 3 aromatic carbocycles. The first kappa shape index (κ1) is 42.9. The molecule has 0 bridgehead atoms. The third kappa shape index (κ3) is 15.3. The molecule has 3 aromatic rings. The van der Waals surface area contributed by atoms with Crippen molar-refractivity contribution < 1.29 is 24.0 Å². The normalized spacial score (nSPS) is 13.0. The lowest BCUT2D eigenvalue weighted by molar-refractivity contribution is -0.134. The topological polar surface area (TPSA) is 288 Å². The summed E-state index contributed by atoms with van der Waals surface area (Å²) in [5.74, 6) is -3.27. The van der Waals surface area contributed by atoms with Gasteiger partial charge in [0.2, 0.25) is 29.5 Å². The molecule has 0 aliphatic rings. The third-order valence-corrected chi connectivity index (χ3v) is 9.09. The van der Waals surface area contributed by atoms with Gasteiger partial charge in [-0.1, -0.05) is 54.6 Å². The van der Waals surface area contributed by atoms with E-state index in [-0.39, 0.29) is 44.1 Å². The highest BCUT2D eigenvalue weighted by Gasteiger charge is 2.31. The zero-order chi connectivity index (χ0) is 39.6. The smallest absolute Gasteiger partial charge is 0.243 e. The molecule has 0 radical (unpaired) electrons. The first-order valence-corrected chi connectivity index (χ1v) is 18.6. The number of unbranched alkanes of at least 4 members (excludes halogenated alkanes) is 1. The summed E-state index contributed by atoms with van der Waals surface area (Å²) in [6.45, 7) is 1.81. The molecule has 0 aliphatic carbocycles. The number of nitrogens with one attached hydrogen (secondary N) is 4. The molecule has 5 amide bonds. The number of carbonyl (C=O) groups excluding carboxylic acids is 5. The maximum atomic E-state index is 14.1. The van der Waals surface area contributed by atoms with E-state index in [9.17, 15) is 24.0 Å². The van der Waals surface area contributed by atoms with Crippen molar-refractivity contribution in [3.63, 3.8) is 0 Å². The Morgan fingerprint density at radius 1 is 0.593 bits per heavy atom. The standard InChI is InChI=1S/C37H50IN11O5/c1-22(50)46-30(20-23-12-15-27(38)16-13-23)34(53)48-29(10-6-18-45-37(42)43)33(52)49-31(21-24-11-14-25-7-2-3-8-26(25)19-24)35(54)47-28(32(39)51)9-4-5-17-44-36(40)41/h2-3,7-8,11-16,19,28-31H,4-6,9-10,17-18,20-21H2,1H3,(H2,39,51)(H,46,50)(H,47,54)(H,48,53)(H,49,52)(H4,40,41,44)(H4,42,43,45)/t28-,29-,30+,31-/m0/s1. The summed E-state index contributed by atoms with van der Waals surface area (Å²) in [5, 5.41) is 12.9. The van der Waals surface area contributed by atoms with Gasteiger partial charge in [0.1, 0.15) is 24.2 Å². The van der Waals surface area contributed by atoms with E-state index < -0.39 is 53.7 Å². The Kier molecular flexibility index (Phi) is 17.4. The minimum Gasteiger partial charge on any atom is -0.370 e. The van der Waals surface area contributed by atoms with E-state index in [2.05, 4.69) is 53.8 Å². The first-order chi connectivity index (χ1) is 25.7. The second kappa shape index (κ2) is 21.9. The first-order valence-electron chi connectivity index (χ1n) is 17.5. The zero-order valence-electron chi connectivity index (χ0n) is 30.2. The van der Waals surface area contributed by atoms with Gasteiger partial charge in [0, 0.05) is 36.4 Å². The molecular weight excluding hydrogens is 805 g/mol. The van der Waals surface area contributed by atoms with Crippen molar-refractivity contribution in [3.05, 3.63) is 81.4 Å². The predicted molar refractivity (Wildman–Crippen MR) is 218 cm³/mol. The lowest BCUT2D eigenvalue weighted by Gasteiger charge is -2.26. The van der Waals surface area contributed by atoms with Crippen LogP contribution in [-0.4, -0.2) is 78.7 Å². The Bertz CT molecular complexity index is 1810. The molecular formula is C37H50IN11O5. The van der Waals surface area contributed by atoms with Crippen molar-refractivity contribution in [1.29, 1.82) is 0 Å². The van der Waals surface area contributed by atoms with Gasteiger partial charge < -0.3 is 49.9 Å². The second-order valence-corrected chi connectivity index (χ2v) is 14.1. The summed E-state index contributed by atoms with van der Waals surface area (Å²) in [5.41, 5.74) is 28.9. The number of hydrogen-bond acceptors (Lipinski definition) is 7. The van der Waals surface area contributed by atoms with Gasteiger partial charge in [-0.3, -0.25) is 34.0 Å². The van der Waals surface area contributed by atoms with Gasteiger partial charge in [0.15, 0.2) is 11.9 Å². The molecule has 0 spiro atoms. The number of rotatable bonds is 21. The monoisotopic (exact) mass is 855 g/mol. The Morgan fingerprint density at radius 2 is 1.09 bits per heavy atom. The Balaban J connectivity index is 1.89. The van der Waals surface area contributed by atoms with E-state index in [1.54, 1.807) is 0 Å². The fourth-order valence-corrected chi connectivity index (χ4v) is 6.02. The van der Waals surface area contributed by atoms with Gasteiger partial charge in [-0.05, 0) is 88.7 Å². The highest BCUT2D eigenvalue weighted by Crippen LogP contribution is 2.17. The Hall–Kier alpha value is -5.46. The van der Waals surface area contributed by atoms with Crippen LogP contribution >= 0.6 is 22.6 Å². The molecule has 0 heterocycles. The summed E-state index contributed by atoms with van der Waals surface area (Å²) in [7, 11) is 0. The van der Waals surface area contributed by atoms with Gasteiger partial charge in [0.05, 0.1) is 0 Å². The van der Waals surface area contributed by atoms with Crippen molar-refractivity contribution in [2.45, 2.75) is 76.0 Å². The molecule has 54 heavy (non-hydrogen) atoms.